The Morgan fingerprint density at radius 3 is 2.65 bits per heavy atom. The number of hydrogen-bond donors (Lipinski definition) is 1. The van der Waals surface area contributed by atoms with E-state index in [1.54, 1.807) is 12.1 Å². The van der Waals surface area contributed by atoms with Crippen molar-refractivity contribution in [2.24, 2.45) is 0 Å². The lowest BCUT2D eigenvalue weighted by Crippen LogP contribution is -2.25. The van der Waals surface area contributed by atoms with Gasteiger partial charge in [0.05, 0.1) is 5.10 Å². The van der Waals surface area contributed by atoms with E-state index in [9.17, 15) is 9.18 Å². The molecule has 17 heavy (non-hydrogen) atoms. The van der Waals surface area contributed by atoms with Crippen molar-refractivity contribution in [3.8, 4) is 0 Å². The van der Waals surface area contributed by atoms with Crippen LogP contribution in [0.1, 0.15) is 16.1 Å². The molecule has 2 aromatic rings. The summed E-state index contributed by atoms with van der Waals surface area (Å²) < 4.78 is 12.7. The summed E-state index contributed by atoms with van der Waals surface area (Å²) in [7, 11) is 0. The number of carbonyl (C=O) groups is 1. The molecule has 0 aliphatic heterocycles. The Morgan fingerprint density at radius 1 is 1.47 bits per heavy atom. The van der Waals surface area contributed by atoms with E-state index in [4.69, 9.17) is 16.7 Å². The molecule has 0 aliphatic rings. The van der Waals surface area contributed by atoms with Gasteiger partial charge >= 0.3 is 11.1 Å². The van der Waals surface area contributed by atoms with Gasteiger partial charge in [-0.25, -0.2) is 9.18 Å². The van der Waals surface area contributed by atoms with E-state index in [-0.39, 0.29) is 23.2 Å². The summed E-state index contributed by atoms with van der Waals surface area (Å²) in [4.78, 5) is 12.0. The van der Waals surface area contributed by atoms with E-state index in [1.807, 2.05) is 0 Å². The zero-order chi connectivity index (χ0) is 12.4. The molecule has 0 aliphatic carbocycles. The number of aromatic amines is 1. The van der Waals surface area contributed by atoms with Crippen molar-refractivity contribution in [2.45, 2.75) is 6.54 Å². The third kappa shape index (κ3) is 2.59. The summed E-state index contributed by atoms with van der Waals surface area (Å²) in [6, 6.07) is 5.80. The van der Waals surface area contributed by atoms with E-state index < -0.39 is 5.97 Å². The number of halogens is 2. The summed E-state index contributed by atoms with van der Waals surface area (Å²) in [6.45, 7) is 0.285. The standard InChI is InChI=1S/C10H7ClFN3O2/c11-9-8(10(16)17)13-15(14-9)5-6-1-3-7(12)4-2-6/h1-4H,5H2,(H,16,17)/p+1. The molecule has 1 heterocycles. The Bertz CT molecular complexity index is 553. The zero-order valence-corrected chi connectivity index (χ0v) is 9.28. The van der Waals surface area contributed by atoms with E-state index >= 15 is 0 Å². The molecule has 7 heteroatoms. The fourth-order valence-electron chi connectivity index (χ4n) is 1.33. The highest BCUT2D eigenvalue weighted by Gasteiger charge is 2.23. The van der Waals surface area contributed by atoms with Gasteiger partial charge in [-0.1, -0.05) is 12.1 Å². The Morgan fingerprint density at radius 2 is 2.12 bits per heavy atom. The highest BCUT2D eigenvalue weighted by atomic mass is 35.5. The molecule has 0 bridgehead atoms. The van der Waals surface area contributed by atoms with Crippen molar-refractivity contribution in [1.29, 1.82) is 0 Å². The minimum absolute atomic E-state index is 0.111. The van der Waals surface area contributed by atoms with Crippen LogP contribution in [0.2, 0.25) is 5.15 Å². The summed E-state index contributed by atoms with van der Waals surface area (Å²) in [5, 5.41) is 15.0. The molecule has 0 spiro atoms. The molecule has 0 unspecified atom stereocenters. The molecule has 5 nitrogen and oxygen atoms in total. The highest BCUT2D eigenvalue weighted by molar-refractivity contribution is 6.31. The molecule has 0 fully saturated rings. The normalized spacial score (nSPS) is 10.5. The van der Waals surface area contributed by atoms with Crippen LogP contribution in [-0.2, 0) is 6.54 Å². The molecule has 0 radical (unpaired) electrons. The maximum absolute atomic E-state index is 12.7. The Balaban J connectivity index is 2.22. The summed E-state index contributed by atoms with van der Waals surface area (Å²) in [6.07, 6.45) is 0. The first kappa shape index (κ1) is 11.5. The molecule has 0 amide bonds. The molecular weight excluding hydrogens is 249 g/mol. The molecular formula is C10H8ClFN3O2+. The predicted octanol–water partition coefficient (Wildman–Crippen LogP) is 1.24. The number of benzene rings is 1. The van der Waals surface area contributed by atoms with E-state index in [0.29, 0.717) is 0 Å². The Kier molecular flexibility index (Phi) is 3.06. The number of nitrogens with one attached hydrogen (secondary N) is 1. The number of carboxylic acids is 1. The van der Waals surface area contributed by atoms with Gasteiger partial charge in [0.2, 0.25) is 0 Å². The number of hydrogen-bond acceptors (Lipinski definition) is 2. The van der Waals surface area contributed by atoms with Gasteiger partial charge in [0, 0.05) is 0 Å². The average molecular weight is 257 g/mol. The van der Waals surface area contributed by atoms with Crippen LogP contribution in [0.4, 0.5) is 4.39 Å². The lowest BCUT2D eigenvalue weighted by atomic mass is 10.2. The van der Waals surface area contributed by atoms with Crippen molar-refractivity contribution >= 4 is 17.6 Å². The van der Waals surface area contributed by atoms with Gasteiger partial charge in [-0.2, -0.15) is 5.10 Å². The minimum Gasteiger partial charge on any atom is -0.475 e. The third-order valence-corrected chi connectivity index (χ3v) is 2.38. The van der Waals surface area contributed by atoms with Crippen LogP contribution >= 0.6 is 11.6 Å². The fraction of sp³-hybridized carbons (Fsp3) is 0.100. The van der Waals surface area contributed by atoms with E-state index in [0.717, 1.165) is 5.56 Å². The number of aromatic nitrogens is 3. The summed E-state index contributed by atoms with van der Waals surface area (Å²) in [5.74, 6) is -1.51. The Labute approximate surface area is 100 Å². The number of nitrogens with zero attached hydrogens (tertiary/aromatic N) is 2. The monoisotopic (exact) mass is 256 g/mol. The van der Waals surface area contributed by atoms with Crippen molar-refractivity contribution in [3.63, 3.8) is 0 Å². The van der Waals surface area contributed by atoms with Gasteiger partial charge in [0.1, 0.15) is 12.4 Å². The average Bonchev–Trinajstić information content (AvgIpc) is 2.63. The van der Waals surface area contributed by atoms with Gasteiger partial charge in [-0.05, 0) is 34.1 Å². The van der Waals surface area contributed by atoms with Crippen LogP contribution in [0.5, 0.6) is 0 Å². The molecule has 1 aromatic carbocycles. The number of carboxylic acid groups (broad SMARTS) is 1. The minimum atomic E-state index is -1.18. The molecule has 0 saturated carbocycles. The molecule has 2 rings (SSSR count). The summed E-state index contributed by atoms with van der Waals surface area (Å²) >= 11 is 5.63. The van der Waals surface area contributed by atoms with Gasteiger partial charge in [0.25, 0.3) is 5.69 Å². The van der Waals surface area contributed by atoms with Gasteiger partial charge < -0.3 is 5.11 Å². The van der Waals surface area contributed by atoms with Gasteiger partial charge in [-0.3, -0.25) is 0 Å². The van der Waals surface area contributed by atoms with Crippen LogP contribution in [-0.4, -0.2) is 21.0 Å². The molecule has 0 saturated heterocycles. The molecule has 2 N–H and O–H groups in total. The first-order chi connectivity index (χ1) is 8.06. The largest absolute Gasteiger partial charge is 0.475 e. The number of aromatic carboxylic acids is 1. The highest BCUT2D eigenvalue weighted by Crippen LogP contribution is 2.08. The summed E-state index contributed by atoms with van der Waals surface area (Å²) in [5.41, 5.74) is 0.604. The first-order valence-corrected chi connectivity index (χ1v) is 5.07. The SMILES string of the molecule is O=C(O)c1[nH+]n(Cc2ccc(F)cc2)nc1Cl. The first-order valence-electron chi connectivity index (χ1n) is 4.69. The van der Waals surface area contributed by atoms with Crippen molar-refractivity contribution in [1.82, 2.24) is 9.90 Å². The van der Waals surface area contributed by atoms with Crippen LogP contribution in [0.25, 0.3) is 0 Å². The van der Waals surface area contributed by atoms with Crippen molar-refractivity contribution < 1.29 is 19.4 Å². The second-order valence-corrected chi connectivity index (χ2v) is 3.72. The maximum atomic E-state index is 12.7. The Hall–Kier alpha value is -1.95. The quantitative estimate of drug-likeness (QED) is 0.898. The predicted molar refractivity (Wildman–Crippen MR) is 56.3 cm³/mol. The maximum Gasteiger partial charge on any atom is 0.383 e. The van der Waals surface area contributed by atoms with Gasteiger partial charge in [-0.15, -0.1) is 0 Å². The molecule has 0 atom stereocenters. The molecule has 88 valence electrons. The number of rotatable bonds is 3. The van der Waals surface area contributed by atoms with Crippen LogP contribution in [0.3, 0.4) is 0 Å². The second kappa shape index (κ2) is 4.50. The van der Waals surface area contributed by atoms with Crippen LogP contribution < -0.4 is 5.10 Å². The van der Waals surface area contributed by atoms with Crippen molar-refractivity contribution in [2.75, 3.05) is 0 Å². The van der Waals surface area contributed by atoms with Gasteiger partial charge in [0.15, 0.2) is 0 Å². The van der Waals surface area contributed by atoms with E-state index in [2.05, 4.69) is 10.2 Å². The van der Waals surface area contributed by atoms with Crippen molar-refractivity contribution in [3.05, 3.63) is 46.5 Å². The lowest BCUT2D eigenvalue weighted by molar-refractivity contribution is -0.498. The fourth-order valence-corrected chi connectivity index (χ4v) is 1.54. The zero-order valence-electron chi connectivity index (χ0n) is 8.52. The lowest BCUT2D eigenvalue weighted by Gasteiger charge is -1.95. The van der Waals surface area contributed by atoms with E-state index in [1.165, 1.54) is 16.9 Å². The molecule has 1 aromatic heterocycles. The third-order valence-electron chi connectivity index (χ3n) is 2.12. The number of H-pyrrole nitrogens is 1. The topological polar surface area (TPSA) is 69.3 Å². The second-order valence-electron chi connectivity index (χ2n) is 3.37. The smallest absolute Gasteiger partial charge is 0.383 e. The van der Waals surface area contributed by atoms with Crippen LogP contribution in [0.15, 0.2) is 24.3 Å². The van der Waals surface area contributed by atoms with Crippen LogP contribution in [0, 0.1) is 5.82 Å².